The van der Waals surface area contributed by atoms with Gasteiger partial charge in [-0.1, -0.05) is 146 Å². The van der Waals surface area contributed by atoms with E-state index in [4.69, 9.17) is 71.9 Å². The zero-order valence-corrected chi connectivity index (χ0v) is 50.8. The molecule has 2 atom stereocenters. The monoisotopic (exact) mass is 1240 g/mol. The number of hydrogen-bond donors (Lipinski definition) is 0. The van der Waals surface area contributed by atoms with Crippen molar-refractivity contribution < 1.29 is 71.9 Å². The minimum absolute atomic E-state index is 0.489. The summed E-state index contributed by atoms with van der Waals surface area (Å²) in [6.45, 7) is 3.53. The average Bonchev–Trinajstić information content (AvgIpc) is 2.32. The van der Waals surface area contributed by atoms with Gasteiger partial charge in [-0.25, -0.2) is 0 Å². The van der Waals surface area contributed by atoms with E-state index in [2.05, 4.69) is 0 Å². The van der Waals surface area contributed by atoms with E-state index in [9.17, 15) is 0 Å². The van der Waals surface area contributed by atoms with Crippen LogP contribution in [-0.2, 0) is 18.5 Å². The first kappa shape index (κ1) is 58.5. The zero-order valence-electron chi connectivity index (χ0n) is 47.2. The molecule has 1 saturated heterocycles. The van der Waals surface area contributed by atoms with Gasteiger partial charge in [0.05, 0.1) is 14.2 Å². The Hall–Kier alpha value is -8.90. The van der Waals surface area contributed by atoms with Crippen molar-refractivity contribution >= 4 is 77.6 Å². The molecule has 0 bridgehead atoms. The van der Waals surface area contributed by atoms with E-state index >= 15 is 0 Å². The molecule has 1 fully saturated rings. The van der Waals surface area contributed by atoms with Crippen molar-refractivity contribution in [1.82, 2.24) is 0 Å². The lowest BCUT2D eigenvalue weighted by molar-refractivity contribution is -0.175. The van der Waals surface area contributed by atoms with E-state index in [0.29, 0.717) is 79.5 Å². The molecule has 0 N–H and O–H groups in total. The Bertz CT molecular complexity index is 3840. The lowest BCUT2D eigenvalue weighted by Gasteiger charge is -2.24. The fraction of sp³-hybridized carbons (Fsp3) is 0.104. The van der Waals surface area contributed by atoms with E-state index in [-0.39, 0.29) is 0 Å². The normalized spacial score (nSPS) is 14.3. The zero-order chi connectivity index (χ0) is 59.4. The molecule has 0 radical (unpaired) electrons. The predicted octanol–water partition coefficient (Wildman–Crippen LogP) is 20.5. The molecule has 87 heavy (non-hydrogen) atoms. The van der Waals surface area contributed by atoms with Crippen LogP contribution in [0.2, 0.25) is 0 Å². The smallest absolute Gasteiger partial charge is 0.465 e. The van der Waals surface area contributed by atoms with Crippen LogP contribution in [0.1, 0.15) is 13.8 Å². The molecule has 16 nitrogen and oxygen atoms in total. The van der Waals surface area contributed by atoms with Crippen LogP contribution < -0.4 is 36.6 Å². The summed E-state index contributed by atoms with van der Waals surface area (Å²) in [6.07, 6.45) is -2.02. The molecular formula is C67H56O16P4. The highest BCUT2D eigenvalue weighted by atomic mass is 31.2. The summed E-state index contributed by atoms with van der Waals surface area (Å²) in [5.74, 6) is 3.52. The summed E-state index contributed by atoms with van der Waals surface area (Å²) >= 11 is 0. The summed E-state index contributed by atoms with van der Waals surface area (Å²) in [4.78, 5) is 0. The first-order valence-electron chi connectivity index (χ1n) is 27.3. The maximum Gasteiger partial charge on any atom is 0.465 e. The van der Waals surface area contributed by atoms with Crippen LogP contribution in [0.15, 0.2) is 272 Å². The minimum Gasteiger partial charge on any atom is -0.497 e. The molecule has 3 heterocycles. The van der Waals surface area contributed by atoms with Gasteiger partial charge in [0, 0.05) is 32.7 Å². The van der Waals surface area contributed by atoms with Gasteiger partial charge in [0.1, 0.15) is 68.3 Å². The second-order valence-electron chi connectivity index (χ2n) is 19.4. The standard InChI is InChI=1S/C38H28O8P2.C29H28O8P2/c1-39-25-19-21-37(45-47-41-33-15-7-3-11-27(33)28-12-4-8-16-34(28)42-47)31(23-25)32-24-26(40-2)20-22-38(32)46-48-43-35-17-9-5-13-29(35)30-14-6-10-18-36(30)44-48;1-29(2)30-27(36-38(32-23-15-7-3-8-16-23)33-24-17-9-4-10-18-24)28(31-29)37-39(34-25-19-11-5-12-20-25)35-26-21-13-6-14-22-26/h3-24H,1-2H3;3-22,27-28H,1-2H3. The number of methoxy groups -OCH3 is 2. The van der Waals surface area contributed by atoms with Gasteiger partial charge in [0.25, 0.3) is 0 Å². The second-order valence-corrected chi connectivity index (χ2v) is 23.4. The fourth-order valence-electron chi connectivity index (χ4n) is 8.92. The van der Waals surface area contributed by atoms with Crippen molar-refractivity contribution in [2.75, 3.05) is 14.2 Å². The van der Waals surface area contributed by atoms with Crippen LogP contribution in [-0.4, -0.2) is 32.6 Å². The Morgan fingerprint density at radius 2 is 0.609 bits per heavy atom. The van der Waals surface area contributed by atoms with Gasteiger partial charge < -0.3 is 62.9 Å². The molecule has 1 aliphatic rings. The lowest BCUT2D eigenvalue weighted by Crippen LogP contribution is -2.27. The Labute approximate surface area is 505 Å². The molecule has 10 aromatic carbocycles. The predicted molar refractivity (Wildman–Crippen MR) is 338 cm³/mol. The SMILES string of the molecule is CC1(C)OC(OP(Oc2ccccc2)Oc2ccccc2)C(OP(Oc2ccccc2)Oc2ccccc2)O1.COc1ccc(Op2oc3ccccc3c3ccccc3o2)c(-c2cc(OC)ccc2Op2oc3ccccc3c3ccccc3o2)c1. The fourth-order valence-corrected chi connectivity index (χ4v) is 13.1. The molecule has 0 aliphatic carbocycles. The molecular weight excluding hydrogens is 1180 g/mol. The third kappa shape index (κ3) is 14.9. The molecule has 440 valence electrons. The summed E-state index contributed by atoms with van der Waals surface area (Å²) in [7, 11) is -4.57. The summed E-state index contributed by atoms with van der Waals surface area (Å²) in [5.41, 5.74) is 3.99. The van der Waals surface area contributed by atoms with Crippen molar-refractivity contribution in [2.45, 2.75) is 32.2 Å². The number of hydrogen-bond acceptors (Lipinski definition) is 16. The van der Waals surface area contributed by atoms with Gasteiger partial charge in [0.15, 0.2) is 5.79 Å². The van der Waals surface area contributed by atoms with Crippen LogP contribution in [0.5, 0.6) is 46.0 Å². The van der Waals surface area contributed by atoms with Crippen LogP contribution in [0.4, 0.5) is 0 Å². The van der Waals surface area contributed by atoms with Crippen molar-refractivity contribution in [2.24, 2.45) is 0 Å². The Balaban J connectivity index is 0.000000174. The van der Waals surface area contributed by atoms with Gasteiger partial charge in [-0.3, -0.25) is 9.05 Å². The molecule has 2 aromatic heterocycles. The molecule has 0 amide bonds. The van der Waals surface area contributed by atoms with Crippen molar-refractivity contribution in [3.8, 4) is 57.1 Å². The quantitative estimate of drug-likeness (QED) is 0.0702. The molecule has 12 aromatic rings. The van der Waals surface area contributed by atoms with Crippen molar-refractivity contribution in [1.29, 1.82) is 0 Å². The largest absolute Gasteiger partial charge is 0.497 e. The Morgan fingerprint density at radius 3 is 0.897 bits per heavy atom. The highest BCUT2D eigenvalue weighted by molar-refractivity contribution is 7.43. The summed E-state index contributed by atoms with van der Waals surface area (Å²) in [5, 5.41) is 3.70. The second kappa shape index (κ2) is 27.6. The summed E-state index contributed by atoms with van der Waals surface area (Å²) in [6, 6.07) is 79.4. The first-order chi connectivity index (χ1) is 42.7. The van der Waals surface area contributed by atoms with Gasteiger partial charge in [-0.15, -0.1) is 0 Å². The summed E-state index contributed by atoms with van der Waals surface area (Å²) < 4.78 is 98.7. The van der Waals surface area contributed by atoms with Crippen LogP contribution in [0.3, 0.4) is 0 Å². The number of benzene rings is 10. The first-order valence-corrected chi connectivity index (χ1v) is 31.7. The van der Waals surface area contributed by atoms with Gasteiger partial charge >= 0.3 is 33.7 Å². The van der Waals surface area contributed by atoms with E-state index in [1.165, 1.54) is 0 Å². The van der Waals surface area contributed by atoms with Crippen LogP contribution >= 0.6 is 33.7 Å². The third-order valence-corrected chi connectivity index (χ3v) is 17.2. The lowest BCUT2D eigenvalue weighted by atomic mass is 10.0. The average molecular weight is 1240 g/mol. The van der Waals surface area contributed by atoms with Gasteiger partial charge in [-0.05, 0) is 123 Å². The van der Waals surface area contributed by atoms with E-state index < -0.39 is 52.1 Å². The minimum atomic E-state index is -1.97. The van der Waals surface area contributed by atoms with E-state index in [1.807, 2.05) is 255 Å². The van der Waals surface area contributed by atoms with Gasteiger partial charge in [0.2, 0.25) is 12.6 Å². The highest BCUT2D eigenvalue weighted by Crippen LogP contribution is 2.51. The van der Waals surface area contributed by atoms with Crippen LogP contribution in [0, 0.1) is 0 Å². The maximum absolute atomic E-state index is 6.58. The molecule has 20 heteroatoms. The number of ether oxygens (including phenoxy) is 4. The third-order valence-electron chi connectivity index (χ3n) is 12.9. The molecule has 0 spiro atoms. The number of rotatable bonds is 19. The molecule has 1 aliphatic heterocycles. The topological polar surface area (TPSA) is 163 Å². The number of fused-ring (bicyclic) bond motifs is 6. The maximum atomic E-state index is 6.58. The van der Waals surface area contributed by atoms with Crippen molar-refractivity contribution in [3.05, 3.63) is 255 Å². The number of para-hydroxylation sites is 8. The van der Waals surface area contributed by atoms with E-state index in [0.717, 1.165) is 21.5 Å². The highest BCUT2D eigenvalue weighted by Gasteiger charge is 2.48. The van der Waals surface area contributed by atoms with E-state index in [1.54, 1.807) is 28.1 Å². The molecule has 0 saturated carbocycles. The van der Waals surface area contributed by atoms with Crippen molar-refractivity contribution in [3.63, 3.8) is 0 Å². The van der Waals surface area contributed by atoms with Crippen LogP contribution in [0.25, 0.3) is 55.0 Å². The Morgan fingerprint density at radius 1 is 0.333 bits per heavy atom. The Kier molecular flexibility index (Phi) is 18.6. The molecule has 2 unspecified atom stereocenters. The van der Waals surface area contributed by atoms with Gasteiger partial charge in [-0.2, -0.15) is 0 Å². The molecule has 13 rings (SSSR count).